The van der Waals surface area contributed by atoms with Crippen LogP contribution in [0, 0.1) is 0 Å². The number of carbonyl (C=O) groups excluding carboxylic acids is 2. The van der Waals surface area contributed by atoms with E-state index in [2.05, 4.69) is 5.32 Å². The fraction of sp³-hybridized carbons (Fsp3) is 0.176. The van der Waals surface area contributed by atoms with Gasteiger partial charge < -0.3 is 20.1 Å². The van der Waals surface area contributed by atoms with Crippen LogP contribution in [0.4, 0.5) is 5.69 Å². The quantitative estimate of drug-likeness (QED) is 0.788. The fourth-order valence-electron chi connectivity index (χ4n) is 3.03. The van der Waals surface area contributed by atoms with Crippen LogP contribution in [0.2, 0.25) is 0 Å². The summed E-state index contributed by atoms with van der Waals surface area (Å²) in [5.74, 6) is -0.604. The van der Waals surface area contributed by atoms with Gasteiger partial charge in [0.1, 0.15) is 11.9 Å². The smallest absolute Gasteiger partial charge is 0.281 e. The number of likely N-dealkylation sites (N-methyl/N-ethyl adjacent to an activating group) is 1. The summed E-state index contributed by atoms with van der Waals surface area (Å²) in [6.45, 7) is 0. The molecule has 0 aromatic heterocycles. The zero-order valence-corrected chi connectivity index (χ0v) is 12.3. The molecule has 0 radical (unpaired) electrons. The number of hydrogen-bond acceptors (Lipinski definition) is 4. The highest BCUT2D eigenvalue weighted by Gasteiger charge is 2.68. The van der Waals surface area contributed by atoms with Crippen molar-refractivity contribution in [1.82, 2.24) is 4.90 Å². The van der Waals surface area contributed by atoms with Gasteiger partial charge in [-0.15, -0.1) is 0 Å². The number of nitrogens with one attached hydrogen (secondary N) is 1. The maximum absolute atomic E-state index is 12.7. The zero-order valence-electron chi connectivity index (χ0n) is 12.3. The van der Waals surface area contributed by atoms with Gasteiger partial charge in [0.15, 0.2) is 0 Å². The van der Waals surface area contributed by atoms with Crippen molar-refractivity contribution in [1.29, 1.82) is 0 Å². The van der Waals surface area contributed by atoms with Crippen LogP contribution in [-0.2, 0) is 9.53 Å². The Morgan fingerprint density at radius 1 is 1.17 bits per heavy atom. The van der Waals surface area contributed by atoms with E-state index in [4.69, 9.17) is 4.74 Å². The van der Waals surface area contributed by atoms with Crippen LogP contribution in [-0.4, -0.2) is 34.6 Å². The molecule has 2 atom stereocenters. The van der Waals surface area contributed by atoms with E-state index in [9.17, 15) is 14.7 Å². The van der Waals surface area contributed by atoms with E-state index in [1.807, 2.05) is 0 Å². The molecule has 2 N–H and O–H groups in total. The number of amides is 2. The van der Waals surface area contributed by atoms with Crippen LogP contribution in [0.3, 0.4) is 0 Å². The molecular formula is C17H14N2O4. The van der Waals surface area contributed by atoms with Crippen LogP contribution in [0.1, 0.15) is 22.0 Å². The molecular weight excluding hydrogens is 296 g/mol. The van der Waals surface area contributed by atoms with Gasteiger partial charge in [0.05, 0.1) is 11.3 Å². The summed E-state index contributed by atoms with van der Waals surface area (Å²) in [6.07, 6.45) is -0.613. The van der Waals surface area contributed by atoms with Crippen molar-refractivity contribution in [3.63, 3.8) is 0 Å². The van der Waals surface area contributed by atoms with E-state index in [-0.39, 0.29) is 11.7 Å². The molecule has 6 heteroatoms. The molecule has 0 bridgehead atoms. The monoisotopic (exact) mass is 310 g/mol. The second kappa shape index (κ2) is 4.57. The molecule has 2 aromatic carbocycles. The Balaban J connectivity index is 1.77. The fourth-order valence-corrected chi connectivity index (χ4v) is 3.03. The number of para-hydroxylation sites is 1. The second-order valence-electron chi connectivity index (χ2n) is 5.65. The number of rotatable bonds is 1. The van der Waals surface area contributed by atoms with Crippen LogP contribution in [0.25, 0.3) is 0 Å². The molecule has 2 amide bonds. The summed E-state index contributed by atoms with van der Waals surface area (Å²) < 4.78 is 5.67. The number of nitrogens with zero attached hydrogens (tertiary/aromatic N) is 1. The van der Waals surface area contributed by atoms with Gasteiger partial charge in [-0.1, -0.05) is 24.3 Å². The van der Waals surface area contributed by atoms with E-state index in [1.54, 1.807) is 43.4 Å². The predicted molar refractivity (Wildman–Crippen MR) is 81.8 cm³/mol. The molecule has 1 spiro atoms. The van der Waals surface area contributed by atoms with E-state index in [0.717, 1.165) is 0 Å². The minimum absolute atomic E-state index is 0.0828. The predicted octanol–water partition coefficient (Wildman–Crippen LogP) is 1.88. The van der Waals surface area contributed by atoms with Gasteiger partial charge in [0, 0.05) is 7.05 Å². The first-order chi connectivity index (χ1) is 11.0. The van der Waals surface area contributed by atoms with Crippen LogP contribution in [0.15, 0.2) is 48.5 Å². The largest absolute Gasteiger partial charge is 0.508 e. The van der Waals surface area contributed by atoms with Crippen molar-refractivity contribution >= 4 is 17.5 Å². The van der Waals surface area contributed by atoms with E-state index in [1.165, 1.54) is 17.0 Å². The number of carbonyl (C=O) groups is 2. The molecule has 0 saturated carbocycles. The Hall–Kier alpha value is -2.86. The third-order valence-electron chi connectivity index (χ3n) is 4.30. The molecule has 1 unspecified atom stereocenters. The lowest BCUT2D eigenvalue weighted by Gasteiger charge is -2.21. The average molecular weight is 310 g/mol. The van der Waals surface area contributed by atoms with Crippen molar-refractivity contribution in [2.45, 2.75) is 11.8 Å². The number of ether oxygens (including phenoxy) is 1. The minimum atomic E-state index is -1.39. The molecule has 23 heavy (non-hydrogen) atoms. The van der Waals surface area contributed by atoms with Crippen molar-refractivity contribution in [2.24, 2.45) is 0 Å². The van der Waals surface area contributed by atoms with Gasteiger partial charge in [-0.2, -0.15) is 0 Å². The average Bonchev–Trinajstić information content (AvgIpc) is 3.31. The number of hydrogen-bond donors (Lipinski definition) is 2. The van der Waals surface area contributed by atoms with Gasteiger partial charge in [0.25, 0.3) is 17.5 Å². The molecule has 4 rings (SSSR count). The summed E-state index contributed by atoms with van der Waals surface area (Å²) >= 11 is 0. The molecule has 2 aromatic rings. The van der Waals surface area contributed by atoms with Gasteiger partial charge in [0.2, 0.25) is 0 Å². The number of phenols is 1. The third-order valence-corrected chi connectivity index (χ3v) is 4.30. The van der Waals surface area contributed by atoms with E-state index < -0.39 is 17.7 Å². The Bertz CT molecular complexity index is 835. The second-order valence-corrected chi connectivity index (χ2v) is 5.65. The molecule has 2 aliphatic rings. The van der Waals surface area contributed by atoms with Crippen molar-refractivity contribution in [3.8, 4) is 5.75 Å². The van der Waals surface area contributed by atoms with Crippen molar-refractivity contribution in [2.75, 3.05) is 12.4 Å². The lowest BCUT2D eigenvalue weighted by molar-refractivity contribution is -0.125. The number of anilines is 1. The molecule has 2 aliphatic heterocycles. The lowest BCUT2D eigenvalue weighted by atomic mass is 10.0. The maximum Gasteiger partial charge on any atom is 0.281 e. The summed E-state index contributed by atoms with van der Waals surface area (Å²) in [4.78, 5) is 26.7. The molecule has 1 fully saturated rings. The highest BCUT2D eigenvalue weighted by molar-refractivity contribution is 6.12. The third kappa shape index (κ3) is 1.85. The summed E-state index contributed by atoms with van der Waals surface area (Å²) in [5, 5.41) is 12.4. The Kier molecular flexibility index (Phi) is 2.74. The summed E-state index contributed by atoms with van der Waals surface area (Å²) in [5.41, 5.74) is 0.150. The van der Waals surface area contributed by atoms with E-state index >= 15 is 0 Å². The van der Waals surface area contributed by atoms with Crippen LogP contribution >= 0.6 is 0 Å². The topological polar surface area (TPSA) is 82.2 Å². The van der Waals surface area contributed by atoms with Gasteiger partial charge in [-0.05, 0) is 29.8 Å². The number of phenolic OH excluding ortho intramolecular Hbond substituents is 1. The SMILES string of the molecule is CN1C(=O)c2ccccc2NC(=O)C12O[C@@H]2c1cccc(O)c1. The normalized spacial score (nSPS) is 25.8. The first kappa shape index (κ1) is 13.8. The molecule has 1 saturated heterocycles. The summed E-state index contributed by atoms with van der Waals surface area (Å²) in [7, 11) is 1.55. The molecule has 116 valence electrons. The van der Waals surface area contributed by atoms with Crippen molar-refractivity contribution < 1.29 is 19.4 Å². The van der Waals surface area contributed by atoms with Gasteiger partial charge in [-0.3, -0.25) is 9.59 Å². The zero-order chi connectivity index (χ0) is 16.2. The Morgan fingerprint density at radius 2 is 1.96 bits per heavy atom. The first-order valence-corrected chi connectivity index (χ1v) is 7.19. The van der Waals surface area contributed by atoms with Crippen molar-refractivity contribution in [3.05, 3.63) is 59.7 Å². The maximum atomic E-state index is 12.7. The number of epoxide rings is 1. The van der Waals surface area contributed by atoms with Gasteiger partial charge >= 0.3 is 0 Å². The molecule has 2 heterocycles. The Labute approximate surface area is 132 Å². The number of fused-ring (bicyclic) bond motifs is 1. The van der Waals surface area contributed by atoms with Crippen LogP contribution < -0.4 is 5.32 Å². The number of benzene rings is 2. The minimum Gasteiger partial charge on any atom is -0.508 e. The van der Waals surface area contributed by atoms with Gasteiger partial charge in [-0.25, -0.2) is 0 Å². The number of aromatic hydroxyl groups is 1. The lowest BCUT2D eigenvalue weighted by Crippen LogP contribution is -2.46. The highest BCUT2D eigenvalue weighted by Crippen LogP contribution is 2.53. The highest BCUT2D eigenvalue weighted by atomic mass is 16.6. The molecule has 6 nitrogen and oxygen atoms in total. The molecule has 0 aliphatic carbocycles. The van der Waals surface area contributed by atoms with Crippen LogP contribution in [0.5, 0.6) is 5.75 Å². The standard InChI is InChI=1S/C17H14N2O4/c1-19-15(21)12-7-2-3-8-13(12)18-16(22)17(19)14(23-17)10-5-4-6-11(20)9-10/h2-9,14,20H,1H3,(H,18,22)/t14-,17?/m1/s1. The first-order valence-electron chi connectivity index (χ1n) is 7.19. The van der Waals surface area contributed by atoms with E-state index in [0.29, 0.717) is 16.8 Å². The Morgan fingerprint density at radius 3 is 2.74 bits per heavy atom. The summed E-state index contributed by atoms with van der Waals surface area (Å²) in [6, 6.07) is 13.3.